The molecule has 3 fully saturated rings. The van der Waals surface area contributed by atoms with Gasteiger partial charge in [-0.15, -0.1) is 0 Å². The normalized spacial score (nSPS) is 30.2. The molecular weight excluding hydrogens is 617 g/mol. The summed E-state index contributed by atoms with van der Waals surface area (Å²) in [4.78, 5) is 0. The highest BCUT2D eigenvalue weighted by Crippen LogP contribution is 2.34. The van der Waals surface area contributed by atoms with E-state index in [4.69, 9.17) is 0 Å². The molecule has 0 bridgehead atoms. The summed E-state index contributed by atoms with van der Waals surface area (Å²) in [6, 6.07) is 0. The van der Waals surface area contributed by atoms with E-state index < -0.39 is 0 Å². The highest BCUT2D eigenvalue weighted by atomic mass is 32.2. The van der Waals surface area contributed by atoms with Crippen LogP contribution in [0.25, 0.3) is 0 Å². The van der Waals surface area contributed by atoms with Gasteiger partial charge in [0.2, 0.25) is 0 Å². The smallest absolute Gasteiger partial charge is 0.0720 e. The van der Waals surface area contributed by atoms with Crippen LogP contribution in [0.2, 0.25) is 0 Å². The Morgan fingerprint density at radius 2 is 0.853 bits per heavy atom. The highest BCUT2D eigenvalue weighted by Gasteiger charge is 2.23. The SMILES string of the molecule is OC(CSCC1CSCCS1)CSCC1CSC(CSCC(O)CSCC2CSCCS2)CS1. The summed E-state index contributed by atoms with van der Waals surface area (Å²) in [5.41, 5.74) is 0. The molecule has 0 aliphatic carbocycles. The van der Waals surface area contributed by atoms with Gasteiger partial charge in [0, 0.05) is 113 Å². The third kappa shape index (κ3) is 14.7. The van der Waals surface area contributed by atoms with Crippen molar-refractivity contribution in [3.05, 3.63) is 0 Å². The minimum absolute atomic E-state index is 0.161. The second-order valence-corrected chi connectivity index (χ2v) is 20.6. The van der Waals surface area contributed by atoms with Gasteiger partial charge in [0.05, 0.1) is 12.2 Å². The number of aliphatic hydroxyl groups is 2. The van der Waals surface area contributed by atoms with Crippen LogP contribution in [-0.4, -0.2) is 135 Å². The van der Waals surface area contributed by atoms with Gasteiger partial charge in [-0.25, -0.2) is 0 Å². The summed E-state index contributed by atoms with van der Waals surface area (Å²) in [6.45, 7) is 0. The third-order valence-corrected chi connectivity index (χ3v) is 20.1. The van der Waals surface area contributed by atoms with Crippen LogP contribution >= 0.6 is 118 Å². The van der Waals surface area contributed by atoms with Gasteiger partial charge in [-0.05, 0) is 0 Å². The average Bonchev–Trinajstić information content (AvgIpc) is 2.86. The van der Waals surface area contributed by atoms with E-state index in [0.29, 0.717) is 0 Å². The Balaban J connectivity index is 1.11. The monoisotopic (exact) mass is 656 g/mol. The minimum Gasteiger partial charge on any atom is -0.391 e. The van der Waals surface area contributed by atoms with Crippen LogP contribution in [0.15, 0.2) is 0 Å². The lowest BCUT2D eigenvalue weighted by Gasteiger charge is -2.28. The summed E-state index contributed by atoms with van der Waals surface area (Å²) in [6.07, 6.45) is -0.321. The Hall–Kier alpha value is 3.42. The minimum atomic E-state index is -0.161. The second kappa shape index (κ2) is 20.3. The predicted molar refractivity (Wildman–Crippen MR) is 181 cm³/mol. The topological polar surface area (TPSA) is 40.5 Å². The summed E-state index contributed by atoms with van der Waals surface area (Å²) in [5, 5.41) is 23.7. The van der Waals surface area contributed by atoms with Crippen molar-refractivity contribution in [3.63, 3.8) is 0 Å². The number of thioether (sulfide) groups is 10. The van der Waals surface area contributed by atoms with Crippen molar-refractivity contribution in [2.24, 2.45) is 0 Å². The first-order valence-corrected chi connectivity index (χ1v) is 23.1. The maximum Gasteiger partial charge on any atom is 0.0720 e. The molecule has 6 atom stereocenters. The molecule has 0 aromatic carbocycles. The molecule has 0 radical (unpaired) electrons. The Morgan fingerprint density at radius 3 is 1.15 bits per heavy atom. The molecule has 34 heavy (non-hydrogen) atoms. The van der Waals surface area contributed by atoms with E-state index in [1.165, 1.54) is 69.0 Å². The molecule has 2 nitrogen and oxygen atoms in total. The van der Waals surface area contributed by atoms with E-state index in [2.05, 4.69) is 70.6 Å². The van der Waals surface area contributed by atoms with E-state index in [1.54, 1.807) is 0 Å². The van der Waals surface area contributed by atoms with Gasteiger partial charge in [0.15, 0.2) is 0 Å². The van der Waals surface area contributed by atoms with Crippen molar-refractivity contribution in [3.8, 4) is 0 Å². The lowest BCUT2D eigenvalue weighted by molar-refractivity contribution is 0.224. The molecule has 200 valence electrons. The quantitative estimate of drug-likeness (QED) is 0.219. The van der Waals surface area contributed by atoms with Gasteiger partial charge in [-0.3, -0.25) is 0 Å². The van der Waals surface area contributed by atoms with Crippen molar-refractivity contribution in [2.75, 3.05) is 92.0 Å². The van der Waals surface area contributed by atoms with Gasteiger partial charge in [-0.1, -0.05) is 0 Å². The molecule has 3 aliphatic heterocycles. The third-order valence-electron chi connectivity index (χ3n) is 5.26. The summed E-state index contributed by atoms with van der Waals surface area (Å²) >= 11 is 20.4. The fourth-order valence-corrected chi connectivity index (χ4v) is 18.0. The summed E-state index contributed by atoms with van der Waals surface area (Å²) in [5.74, 6) is 18.5. The number of aliphatic hydroxyl groups excluding tert-OH is 2. The molecule has 3 rings (SSSR count). The van der Waals surface area contributed by atoms with Gasteiger partial charge >= 0.3 is 0 Å². The molecule has 0 spiro atoms. The first kappa shape index (κ1) is 31.9. The fraction of sp³-hybridized carbons (Fsp3) is 1.00. The van der Waals surface area contributed by atoms with Crippen LogP contribution in [0, 0.1) is 0 Å². The van der Waals surface area contributed by atoms with E-state index in [9.17, 15) is 10.2 Å². The molecule has 3 heterocycles. The predicted octanol–water partition coefficient (Wildman–Crippen LogP) is 5.56. The Morgan fingerprint density at radius 1 is 0.500 bits per heavy atom. The molecule has 0 amide bonds. The maximum atomic E-state index is 10.3. The fourth-order valence-electron chi connectivity index (χ4n) is 3.48. The zero-order valence-electron chi connectivity index (χ0n) is 19.8. The highest BCUT2D eigenvalue weighted by molar-refractivity contribution is 8.09. The first-order chi connectivity index (χ1) is 16.7. The van der Waals surface area contributed by atoms with Gasteiger partial charge in [0.1, 0.15) is 0 Å². The molecule has 0 aromatic heterocycles. The molecule has 12 heteroatoms. The van der Waals surface area contributed by atoms with Crippen LogP contribution in [0.1, 0.15) is 0 Å². The molecular formula is C22H40O2S10. The standard InChI is InChI=1S/C22H40O2S10/c23-17(5-27-11-19-9-25-1-3-31-19)7-29-13-21-15-34-22(16-33-21)14-30-8-18(24)6-28-12-20-10-26-2-4-32-20/h17-24H,1-16H2. The van der Waals surface area contributed by atoms with Crippen molar-refractivity contribution in [2.45, 2.75) is 33.2 Å². The van der Waals surface area contributed by atoms with Crippen LogP contribution in [0.4, 0.5) is 0 Å². The zero-order chi connectivity index (χ0) is 23.8. The first-order valence-electron chi connectivity index (χ1n) is 12.0. The molecule has 0 aromatic rings. The largest absolute Gasteiger partial charge is 0.391 e. The van der Waals surface area contributed by atoms with Crippen LogP contribution < -0.4 is 0 Å². The molecule has 0 saturated carbocycles. The molecule has 3 saturated heterocycles. The van der Waals surface area contributed by atoms with Crippen molar-refractivity contribution in [1.29, 1.82) is 0 Å². The number of hydrogen-bond acceptors (Lipinski definition) is 12. The van der Waals surface area contributed by atoms with Gasteiger partial charge in [0.25, 0.3) is 0 Å². The van der Waals surface area contributed by atoms with E-state index in [1.807, 2.05) is 47.0 Å². The molecule has 3 aliphatic rings. The van der Waals surface area contributed by atoms with Crippen LogP contribution in [0.5, 0.6) is 0 Å². The van der Waals surface area contributed by atoms with Gasteiger partial charge in [-0.2, -0.15) is 118 Å². The summed E-state index contributed by atoms with van der Waals surface area (Å²) in [7, 11) is 0. The van der Waals surface area contributed by atoms with Crippen molar-refractivity contribution >= 4 is 118 Å². The van der Waals surface area contributed by atoms with E-state index in [0.717, 1.165) is 44.0 Å². The lowest BCUT2D eigenvalue weighted by atomic mass is 10.5. The van der Waals surface area contributed by atoms with Crippen molar-refractivity contribution < 1.29 is 10.2 Å². The van der Waals surface area contributed by atoms with Crippen molar-refractivity contribution in [1.82, 2.24) is 0 Å². The Labute approximate surface area is 250 Å². The molecule has 2 N–H and O–H groups in total. The van der Waals surface area contributed by atoms with Crippen LogP contribution in [0.3, 0.4) is 0 Å². The second-order valence-electron chi connectivity index (χ2n) is 8.50. The Kier molecular flexibility index (Phi) is 19.1. The lowest BCUT2D eigenvalue weighted by Crippen LogP contribution is -2.26. The maximum absolute atomic E-state index is 10.3. The number of rotatable bonds is 16. The average molecular weight is 657 g/mol. The van der Waals surface area contributed by atoms with Gasteiger partial charge < -0.3 is 10.2 Å². The zero-order valence-corrected chi connectivity index (χ0v) is 27.9. The summed E-state index contributed by atoms with van der Waals surface area (Å²) < 4.78 is 0. The van der Waals surface area contributed by atoms with E-state index in [-0.39, 0.29) is 12.2 Å². The van der Waals surface area contributed by atoms with E-state index >= 15 is 0 Å². The Bertz CT molecular complexity index is 456. The molecule has 6 unspecified atom stereocenters. The van der Waals surface area contributed by atoms with Crippen LogP contribution in [-0.2, 0) is 0 Å². The number of hydrogen-bond donors (Lipinski definition) is 2.